The Morgan fingerprint density at radius 1 is 0.833 bits per heavy atom. The molecule has 36 heavy (non-hydrogen) atoms. The van der Waals surface area contributed by atoms with E-state index in [4.69, 9.17) is 0 Å². The molecule has 192 valence electrons. The molecule has 2 aliphatic carbocycles. The molecule has 0 aromatic heterocycles. The molecule has 3 N–H and O–H groups in total. The van der Waals surface area contributed by atoms with E-state index in [0.717, 1.165) is 56.9 Å². The Bertz CT molecular complexity index is 1050. The van der Waals surface area contributed by atoms with Gasteiger partial charge >= 0.3 is 0 Å². The SMILES string of the molecule is O=C1N(C2CCCCC2)C(O)(C(=O)NC2CCCCC2)C(c2ccccc2)C1(O)Cc1ccccc1. The number of nitrogens with one attached hydrogen (secondary N) is 1. The summed E-state index contributed by atoms with van der Waals surface area (Å²) in [6.45, 7) is 0. The highest BCUT2D eigenvalue weighted by Gasteiger charge is 2.71. The van der Waals surface area contributed by atoms with Crippen LogP contribution in [0, 0.1) is 0 Å². The summed E-state index contributed by atoms with van der Waals surface area (Å²) in [4.78, 5) is 29.7. The average molecular weight is 491 g/mol. The lowest BCUT2D eigenvalue weighted by Crippen LogP contribution is -2.63. The smallest absolute Gasteiger partial charge is 0.274 e. The van der Waals surface area contributed by atoms with Crippen LogP contribution in [0.15, 0.2) is 60.7 Å². The number of amides is 2. The van der Waals surface area contributed by atoms with Gasteiger partial charge in [-0.2, -0.15) is 0 Å². The van der Waals surface area contributed by atoms with Crippen LogP contribution >= 0.6 is 0 Å². The third-order valence-corrected chi connectivity index (χ3v) is 8.50. The van der Waals surface area contributed by atoms with Crippen LogP contribution in [0.4, 0.5) is 0 Å². The molecule has 6 heteroatoms. The van der Waals surface area contributed by atoms with Crippen LogP contribution in [0.2, 0.25) is 0 Å². The normalized spacial score (nSPS) is 29.9. The van der Waals surface area contributed by atoms with E-state index in [1.165, 1.54) is 4.90 Å². The Balaban J connectivity index is 1.62. The molecule has 6 nitrogen and oxygen atoms in total. The summed E-state index contributed by atoms with van der Waals surface area (Å²) in [5.74, 6) is -2.23. The monoisotopic (exact) mass is 490 g/mol. The Morgan fingerprint density at radius 3 is 2.00 bits per heavy atom. The molecule has 3 aliphatic rings. The number of hydrogen-bond donors (Lipinski definition) is 3. The first kappa shape index (κ1) is 25.0. The zero-order valence-electron chi connectivity index (χ0n) is 20.9. The maximum absolute atomic E-state index is 14.3. The number of aliphatic hydroxyl groups is 2. The molecule has 5 rings (SSSR count). The highest BCUT2D eigenvalue weighted by Crippen LogP contribution is 2.51. The molecule has 2 aromatic rings. The van der Waals surface area contributed by atoms with Gasteiger partial charge in [0, 0.05) is 18.5 Å². The fourth-order valence-corrected chi connectivity index (χ4v) is 6.76. The van der Waals surface area contributed by atoms with Crippen LogP contribution in [0.3, 0.4) is 0 Å². The van der Waals surface area contributed by atoms with Crippen LogP contribution < -0.4 is 5.32 Å². The van der Waals surface area contributed by atoms with Gasteiger partial charge in [0.2, 0.25) is 5.72 Å². The van der Waals surface area contributed by atoms with Gasteiger partial charge in [-0.15, -0.1) is 0 Å². The largest absolute Gasteiger partial charge is 0.379 e. The zero-order chi connectivity index (χ0) is 25.2. The lowest BCUT2D eigenvalue weighted by atomic mass is 9.75. The van der Waals surface area contributed by atoms with Crippen molar-refractivity contribution in [3.63, 3.8) is 0 Å². The second-order valence-electron chi connectivity index (χ2n) is 10.9. The van der Waals surface area contributed by atoms with Gasteiger partial charge in [0.05, 0.1) is 5.92 Å². The molecule has 0 radical (unpaired) electrons. The fraction of sp³-hybridized carbons (Fsp3) is 0.533. The Morgan fingerprint density at radius 2 is 1.39 bits per heavy atom. The minimum absolute atomic E-state index is 0.0223. The number of likely N-dealkylation sites (tertiary alicyclic amines) is 1. The lowest BCUT2D eigenvalue weighted by molar-refractivity contribution is -0.174. The Hall–Kier alpha value is -2.70. The van der Waals surface area contributed by atoms with Crippen molar-refractivity contribution < 1.29 is 19.8 Å². The summed E-state index contributed by atoms with van der Waals surface area (Å²) in [5.41, 5.74) is -2.76. The number of rotatable bonds is 6. The quantitative estimate of drug-likeness (QED) is 0.570. The summed E-state index contributed by atoms with van der Waals surface area (Å²) < 4.78 is 0. The number of carbonyl (C=O) groups excluding carboxylic acids is 2. The summed E-state index contributed by atoms with van der Waals surface area (Å²) in [6, 6.07) is 18.2. The predicted molar refractivity (Wildman–Crippen MR) is 138 cm³/mol. The van der Waals surface area contributed by atoms with Crippen molar-refractivity contribution in [1.82, 2.24) is 10.2 Å². The first-order valence-corrected chi connectivity index (χ1v) is 13.6. The molecule has 0 bridgehead atoms. The first-order valence-electron chi connectivity index (χ1n) is 13.6. The van der Waals surface area contributed by atoms with E-state index in [9.17, 15) is 19.8 Å². The van der Waals surface area contributed by atoms with E-state index in [1.807, 2.05) is 48.5 Å². The fourth-order valence-electron chi connectivity index (χ4n) is 6.76. The highest BCUT2D eigenvalue weighted by molar-refractivity contribution is 6.00. The van der Waals surface area contributed by atoms with Crippen LogP contribution in [-0.2, 0) is 16.0 Å². The van der Waals surface area contributed by atoms with Gasteiger partial charge in [-0.25, -0.2) is 0 Å². The molecule has 2 amide bonds. The molecule has 0 spiro atoms. The van der Waals surface area contributed by atoms with Gasteiger partial charge in [0.25, 0.3) is 11.8 Å². The molecule has 1 aliphatic heterocycles. The van der Waals surface area contributed by atoms with E-state index in [1.54, 1.807) is 12.1 Å². The van der Waals surface area contributed by atoms with Gasteiger partial charge in [-0.1, -0.05) is 99.2 Å². The molecule has 1 heterocycles. The van der Waals surface area contributed by atoms with Gasteiger partial charge in [0.15, 0.2) is 5.60 Å². The highest BCUT2D eigenvalue weighted by atomic mass is 16.4. The predicted octanol–water partition coefficient (Wildman–Crippen LogP) is 4.06. The van der Waals surface area contributed by atoms with Crippen molar-refractivity contribution in [2.45, 2.75) is 100.0 Å². The molecular weight excluding hydrogens is 452 g/mol. The van der Waals surface area contributed by atoms with Crippen molar-refractivity contribution in [2.24, 2.45) is 0 Å². The number of nitrogens with zero attached hydrogens (tertiary/aromatic N) is 1. The van der Waals surface area contributed by atoms with E-state index in [2.05, 4.69) is 5.32 Å². The summed E-state index contributed by atoms with van der Waals surface area (Å²) in [7, 11) is 0. The maximum Gasteiger partial charge on any atom is 0.274 e. The van der Waals surface area contributed by atoms with Crippen LogP contribution in [0.5, 0.6) is 0 Å². The van der Waals surface area contributed by atoms with Crippen LogP contribution in [-0.4, -0.2) is 50.3 Å². The van der Waals surface area contributed by atoms with Crippen LogP contribution in [0.25, 0.3) is 0 Å². The Kier molecular flexibility index (Phi) is 7.18. The van der Waals surface area contributed by atoms with E-state index in [-0.39, 0.29) is 18.5 Å². The minimum Gasteiger partial charge on any atom is -0.379 e. The number of hydrogen-bond acceptors (Lipinski definition) is 4. The third-order valence-electron chi connectivity index (χ3n) is 8.50. The van der Waals surface area contributed by atoms with E-state index >= 15 is 0 Å². The molecular formula is C30H38N2O4. The first-order chi connectivity index (χ1) is 17.4. The van der Waals surface area contributed by atoms with E-state index in [0.29, 0.717) is 18.4 Å². The second-order valence-corrected chi connectivity index (χ2v) is 10.9. The van der Waals surface area contributed by atoms with Gasteiger partial charge < -0.3 is 20.4 Å². The summed E-state index contributed by atoms with van der Waals surface area (Å²) in [5, 5.41) is 27.9. The number of benzene rings is 2. The van der Waals surface area contributed by atoms with Gasteiger partial charge in [-0.05, 0) is 36.8 Å². The molecule has 2 saturated carbocycles. The van der Waals surface area contributed by atoms with Crippen molar-refractivity contribution in [3.8, 4) is 0 Å². The third kappa shape index (κ3) is 4.46. The van der Waals surface area contributed by atoms with Gasteiger partial charge in [0.1, 0.15) is 0 Å². The standard InChI is InChI=1S/C30H38N2O4/c33-27(31-24-17-9-3-10-18-24)30(36)26(23-15-7-2-8-16-23)29(35,21-22-13-5-1-6-14-22)28(34)32(30)25-19-11-4-12-20-25/h1-2,5-8,13-16,24-26,35-36H,3-4,9-12,17-21H2,(H,31,33). The number of carbonyl (C=O) groups is 2. The summed E-state index contributed by atoms with van der Waals surface area (Å²) in [6.07, 6.45) is 9.34. The molecule has 3 atom stereocenters. The molecule has 1 saturated heterocycles. The zero-order valence-corrected chi connectivity index (χ0v) is 20.9. The molecule has 2 aromatic carbocycles. The summed E-state index contributed by atoms with van der Waals surface area (Å²) >= 11 is 0. The molecule has 3 unspecified atom stereocenters. The van der Waals surface area contributed by atoms with Gasteiger partial charge in [-0.3, -0.25) is 9.59 Å². The van der Waals surface area contributed by atoms with Crippen LogP contribution in [0.1, 0.15) is 81.3 Å². The van der Waals surface area contributed by atoms with Crippen molar-refractivity contribution >= 4 is 11.8 Å². The second kappa shape index (κ2) is 10.3. The van der Waals surface area contributed by atoms with Crippen molar-refractivity contribution in [2.75, 3.05) is 0 Å². The van der Waals surface area contributed by atoms with Crippen molar-refractivity contribution in [3.05, 3.63) is 71.8 Å². The Labute approximate surface area is 213 Å². The maximum atomic E-state index is 14.3. The molecule has 3 fully saturated rings. The lowest BCUT2D eigenvalue weighted by Gasteiger charge is -2.42. The average Bonchev–Trinajstić information content (AvgIpc) is 3.08. The minimum atomic E-state index is -2.18. The van der Waals surface area contributed by atoms with E-state index < -0.39 is 29.1 Å². The van der Waals surface area contributed by atoms with Crippen molar-refractivity contribution in [1.29, 1.82) is 0 Å². The topological polar surface area (TPSA) is 89.9 Å².